The lowest BCUT2D eigenvalue weighted by Crippen LogP contribution is -2.08. The van der Waals surface area contributed by atoms with Crippen LogP contribution < -0.4 is 0 Å². The molecule has 0 aliphatic heterocycles. The summed E-state index contributed by atoms with van der Waals surface area (Å²) >= 11 is 0. The highest BCUT2D eigenvalue weighted by molar-refractivity contribution is 5.39. The van der Waals surface area contributed by atoms with Gasteiger partial charge in [0.15, 0.2) is 0 Å². The Labute approximate surface area is 111 Å². The maximum absolute atomic E-state index is 14.0. The quantitative estimate of drug-likeness (QED) is 0.868. The summed E-state index contributed by atoms with van der Waals surface area (Å²) in [6, 6.07) is 7.64. The molecule has 0 bridgehead atoms. The predicted molar refractivity (Wildman–Crippen MR) is 71.1 cm³/mol. The first-order valence-electron chi connectivity index (χ1n) is 6.11. The molecule has 0 aromatic heterocycles. The molecule has 0 aliphatic rings. The number of aliphatic hydroxyl groups is 1. The summed E-state index contributed by atoms with van der Waals surface area (Å²) < 4.78 is 27.8. The van der Waals surface area contributed by atoms with E-state index in [1.54, 1.807) is 32.9 Å². The van der Waals surface area contributed by atoms with Crippen LogP contribution in [0.1, 0.15) is 33.9 Å². The molecule has 1 N–H and O–H groups in total. The second-order valence-corrected chi connectivity index (χ2v) is 4.90. The molecule has 100 valence electrons. The smallest absolute Gasteiger partial charge is 0.129 e. The second-order valence-electron chi connectivity index (χ2n) is 4.90. The molecule has 2 rings (SSSR count). The van der Waals surface area contributed by atoms with Crippen molar-refractivity contribution in [2.75, 3.05) is 0 Å². The Morgan fingerprint density at radius 2 is 1.53 bits per heavy atom. The molecule has 0 saturated heterocycles. The summed E-state index contributed by atoms with van der Waals surface area (Å²) in [6.07, 6.45) is -1.29. The van der Waals surface area contributed by atoms with E-state index >= 15 is 0 Å². The standard InChI is InChI=1S/C16H16F2O/c1-9-4-5-12(13(17)7-9)16(19)15-11(3)6-10(2)8-14(15)18/h4-8,16,19H,1-3H3. The first-order valence-corrected chi connectivity index (χ1v) is 6.11. The molecule has 0 heterocycles. The first-order chi connectivity index (χ1) is 8.90. The van der Waals surface area contributed by atoms with Crippen LogP contribution in [0.5, 0.6) is 0 Å². The molecule has 0 fully saturated rings. The molecule has 2 aromatic rings. The van der Waals surface area contributed by atoms with E-state index in [-0.39, 0.29) is 11.1 Å². The van der Waals surface area contributed by atoms with E-state index in [1.807, 2.05) is 0 Å². The van der Waals surface area contributed by atoms with Gasteiger partial charge in [-0.15, -0.1) is 0 Å². The number of hydrogen-bond acceptors (Lipinski definition) is 1. The average molecular weight is 262 g/mol. The highest BCUT2D eigenvalue weighted by Gasteiger charge is 2.20. The van der Waals surface area contributed by atoms with Gasteiger partial charge in [0.2, 0.25) is 0 Å². The van der Waals surface area contributed by atoms with Crippen LogP contribution in [0.4, 0.5) is 8.78 Å². The van der Waals surface area contributed by atoms with E-state index in [0.717, 1.165) is 11.1 Å². The third-order valence-corrected chi connectivity index (χ3v) is 3.20. The van der Waals surface area contributed by atoms with E-state index < -0.39 is 17.7 Å². The van der Waals surface area contributed by atoms with Gasteiger partial charge < -0.3 is 5.11 Å². The normalized spacial score (nSPS) is 12.5. The van der Waals surface area contributed by atoms with E-state index in [9.17, 15) is 13.9 Å². The van der Waals surface area contributed by atoms with Gasteiger partial charge in [-0.2, -0.15) is 0 Å². The molecule has 19 heavy (non-hydrogen) atoms. The van der Waals surface area contributed by atoms with Gasteiger partial charge in [0, 0.05) is 11.1 Å². The molecule has 0 amide bonds. The Morgan fingerprint density at radius 3 is 2.11 bits per heavy atom. The highest BCUT2D eigenvalue weighted by atomic mass is 19.1. The SMILES string of the molecule is Cc1ccc(C(O)c2c(C)cc(C)cc2F)c(F)c1. The molecule has 0 radical (unpaired) electrons. The van der Waals surface area contributed by atoms with Gasteiger partial charge in [0.1, 0.15) is 17.7 Å². The lowest BCUT2D eigenvalue weighted by atomic mass is 9.94. The fraction of sp³-hybridized carbons (Fsp3) is 0.250. The van der Waals surface area contributed by atoms with Gasteiger partial charge in [-0.1, -0.05) is 18.2 Å². The number of aliphatic hydroxyl groups excluding tert-OH is 1. The number of benzene rings is 2. The minimum absolute atomic E-state index is 0.0939. The molecule has 2 aromatic carbocycles. The monoisotopic (exact) mass is 262 g/mol. The molecule has 1 atom stereocenters. The molecular weight excluding hydrogens is 246 g/mol. The molecule has 3 heteroatoms. The molecule has 1 unspecified atom stereocenters. The van der Waals surface area contributed by atoms with Crippen molar-refractivity contribution in [3.8, 4) is 0 Å². The maximum atomic E-state index is 14.0. The van der Waals surface area contributed by atoms with Gasteiger partial charge in [-0.05, 0) is 49.6 Å². The van der Waals surface area contributed by atoms with Crippen LogP contribution in [-0.4, -0.2) is 5.11 Å². The zero-order chi connectivity index (χ0) is 14.2. The molecule has 0 aliphatic carbocycles. The average Bonchev–Trinajstić information content (AvgIpc) is 2.26. The minimum atomic E-state index is -1.29. The lowest BCUT2D eigenvalue weighted by molar-refractivity contribution is 0.209. The number of rotatable bonds is 2. The molecular formula is C16H16F2O. The fourth-order valence-electron chi connectivity index (χ4n) is 2.28. The number of halogens is 2. The summed E-state index contributed by atoms with van der Waals surface area (Å²) in [5.41, 5.74) is 2.37. The summed E-state index contributed by atoms with van der Waals surface area (Å²) in [5.74, 6) is -1.03. The zero-order valence-electron chi connectivity index (χ0n) is 11.2. The molecule has 0 spiro atoms. The minimum Gasteiger partial charge on any atom is -0.383 e. The van der Waals surface area contributed by atoms with Crippen molar-refractivity contribution in [2.24, 2.45) is 0 Å². The summed E-state index contributed by atoms with van der Waals surface area (Å²) in [5, 5.41) is 10.2. The lowest BCUT2D eigenvalue weighted by Gasteiger charge is -2.16. The van der Waals surface area contributed by atoms with Crippen molar-refractivity contribution in [3.63, 3.8) is 0 Å². The highest BCUT2D eigenvalue weighted by Crippen LogP contribution is 2.30. The van der Waals surface area contributed by atoms with Crippen LogP contribution in [-0.2, 0) is 0 Å². The maximum Gasteiger partial charge on any atom is 0.129 e. The van der Waals surface area contributed by atoms with E-state index in [4.69, 9.17) is 0 Å². The Balaban J connectivity index is 2.53. The zero-order valence-corrected chi connectivity index (χ0v) is 11.2. The first kappa shape index (κ1) is 13.7. The third kappa shape index (κ3) is 2.66. The van der Waals surface area contributed by atoms with Gasteiger partial charge >= 0.3 is 0 Å². The van der Waals surface area contributed by atoms with E-state index in [1.165, 1.54) is 18.2 Å². The van der Waals surface area contributed by atoms with Crippen molar-refractivity contribution in [1.82, 2.24) is 0 Å². The Kier molecular flexibility index (Phi) is 3.67. The largest absolute Gasteiger partial charge is 0.383 e. The number of hydrogen-bond donors (Lipinski definition) is 1. The number of aryl methyl sites for hydroxylation is 3. The van der Waals surface area contributed by atoms with Gasteiger partial charge in [0.25, 0.3) is 0 Å². The Bertz CT molecular complexity index is 597. The van der Waals surface area contributed by atoms with Crippen LogP contribution in [0.2, 0.25) is 0 Å². The molecule has 0 saturated carbocycles. The summed E-state index contributed by atoms with van der Waals surface area (Å²) in [4.78, 5) is 0. The van der Waals surface area contributed by atoms with Gasteiger partial charge in [0.05, 0.1) is 0 Å². The topological polar surface area (TPSA) is 20.2 Å². The fourth-order valence-corrected chi connectivity index (χ4v) is 2.28. The predicted octanol–water partition coefficient (Wildman–Crippen LogP) is 3.97. The third-order valence-electron chi connectivity index (χ3n) is 3.20. The van der Waals surface area contributed by atoms with Crippen molar-refractivity contribution in [1.29, 1.82) is 0 Å². The second kappa shape index (κ2) is 5.10. The van der Waals surface area contributed by atoms with Crippen molar-refractivity contribution < 1.29 is 13.9 Å². The molecule has 1 nitrogen and oxygen atoms in total. The van der Waals surface area contributed by atoms with Crippen LogP contribution in [0.15, 0.2) is 30.3 Å². The van der Waals surface area contributed by atoms with Gasteiger partial charge in [-0.3, -0.25) is 0 Å². The van der Waals surface area contributed by atoms with Crippen molar-refractivity contribution in [2.45, 2.75) is 26.9 Å². The Hall–Kier alpha value is -1.74. The van der Waals surface area contributed by atoms with Crippen LogP contribution >= 0.6 is 0 Å². The van der Waals surface area contributed by atoms with E-state index in [2.05, 4.69) is 0 Å². The Morgan fingerprint density at radius 1 is 0.895 bits per heavy atom. The van der Waals surface area contributed by atoms with Crippen molar-refractivity contribution in [3.05, 3.63) is 69.8 Å². The van der Waals surface area contributed by atoms with Crippen molar-refractivity contribution >= 4 is 0 Å². The van der Waals surface area contributed by atoms with Crippen LogP contribution in [0, 0.1) is 32.4 Å². The van der Waals surface area contributed by atoms with Gasteiger partial charge in [-0.25, -0.2) is 8.78 Å². The van der Waals surface area contributed by atoms with Crippen LogP contribution in [0.25, 0.3) is 0 Å². The van der Waals surface area contributed by atoms with Crippen LogP contribution in [0.3, 0.4) is 0 Å². The van der Waals surface area contributed by atoms with E-state index in [0.29, 0.717) is 5.56 Å². The summed E-state index contributed by atoms with van der Waals surface area (Å²) in [6.45, 7) is 5.25. The summed E-state index contributed by atoms with van der Waals surface area (Å²) in [7, 11) is 0.